The predicted octanol–water partition coefficient (Wildman–Crippen LogP) is 4.27. The molecule has 1 aliphatic rings. The molecule has 2 heterocycles. The molecule has 1 aromatic heterocycles. The summed E-state index contributed by atoms with van der Waals surface area (Å²) >= 11 is 2.86. The highest BCUT2D eigenvalue weighted by Crippen LogP contribution is 2.34. The molecular weight excluding hydrogens is 470 g/mol. The maximum Gasteiger partial charge on any atom is 0.268 e. The van der Waals surface area contributed by atoms with E-state index in [1.54, 1.807) is 41.6 Å². The van der Waals surface area contributed by atoms with E-state index < -0.39 is 0 Å². The summed E-state index contributed by atoms with van der Waals surface area (Å²) in [4.78, 5) is 31.5. The first kappa shape index (κ1) is 24.2. The van der Waals surface area contributed by atoms with Crippen LogP contribution in [0.25, 0.3) is 0 Å². The number of fused-ring (bicyclic) bond motifs is 1. The Bertz CT molecular complexity index is 1230. The molecule has 1 atom stereocenters. The average Bonchev–Trinajstić information content (AvgIpc) is 3.23. The first-order valence-electron chi connectivity index (χ1n) is 11.0. The second-order valence-electron chi connectivity index (χ2n) is 7.90. The van der Waals surface area contributed by atoms with Gasteiger partial charge in [-0.1, -0.05) is 49.0 Å². The van der Waals surface area contributed by atoms with Gasteiger partial charge in [-0.25, -0.2) is 4.98 Å². The molecule has 0 aliphatic carbocycles. The van der Waals surface area contributed by atoms with Crippen molar-refractivity contribution in [2.24, 2.45) is 0 Å². The van der Waals surface area contributed by atoms with Gasteiger partial charge in [0.1, 0.15) is 11.5 Å². The number of anilines is 1. The Morgan fingerprint density at radius 1 is 1.21 bits per heavy atom. The number of thioether (sulfide) groups is 2. The van der Waals surface area contributed by atoms with E-state index in [0.717, 1.165) is 22.6 Å². The number of hydrogen-bond donors (Lipinski definition) is 1. The Kier molecular flexibility index (Phi) is 7.84. The van der Waals surface area contributed by atoms with Crippen LogP contribution in [-0.2, 0) is 24.2 Å². The van der Waals surface area contributed by atoms with Crippen LogP contribution in [0.4, 0.5) is 5.69 Å². The van der Waals surface area contributed by atoms with Gasteiger partial charge in [-0.05, 0) is 24.1 Å². The van der Waals surface area contributed by atoms with Crippen molar-refractivity contribution in [3.8, 4) is 11.5 Å². The molecule has 178 valence electrons. The summed E-state index contributed by atoms with van der Waals surface area (Å²) in [5, 5.41) is 3.77. The zero-order chi connectivity index (χ0) is 24.1. The lowest BCUT2D eigenvalue weighted by Crippen LogP contribution is -2.27. The number of hydrogen-bond acceptors (Lipinski definition) is 7. The molecule has 1 N–H and O–H groups in total. The summed E-state index contributed by atoms with van der Waals surface area (Å²) < 4.78 is 12.3. The van der Waals surface area contributed by atoms with E-state index in [4.69, 9.17) is 14.5 Å². The second kappa shape index (κ2) is 11.0. The van der Waals surface area contributed by atoms with Crippen LogP contribution in [0.15, 0.2) is 63.4 Å². The van der Waals surface area contributed by atoms with Crippen LogP contribution in [0.2, 0.25) is 0 Å². The van der Waals surface area contributed by atoms with Crippen molar-refractivity contribution in [1.29, 1.82) is 0 Å². The average molecular weight is 498 g/mol. The van der Waals surface area contributed by atoms with Crippen molar-refractivity contribution in [1.82, 2.24) is 9.55 Å². The normalized spacial score (nSPS) is 14.5. The van der Waals surface area contributed by atoms with Crippen molar-refractivity contribution < 1.29 is 14.3 Å². The quantitative estimate of drug-likeness (QED) is 0.349. The van der Waals surface area contributed by atoms with Gasteiger partial charge in [0.15, 0.2) is 5.16 Å². The Balaban J connectivity index is 1.51. The maximum atomic E-state index is 13.3. The number of carbonyl (C=O) groups is 1. The van der Waals surface area contributed by atoms with E-state index in [2.05, 4.69) is 12.2 Å². The summed E-state index contributed by atoms with van der Waals surface area (Å²) in [6.45, 7) is 2.61. The molecular formula is C25H27N3O4S2. The SMILES string of the molecule is COc1ccc(NC(=O)CSc2nc3c(c(=O)n2CCc2ccccc2)SC(C)C3)c(OC)c1. The lowest BCUT2D eigenvalue weighted by Gasteiger charge is -2.14. The second-order valence-corrected chi connectivity index (χ2v) is 10.3. The molecule has 0 fully saturated rings. The Morgan fingerprint density at radius 3 is 2.74 bits per heavy atom. The van der Waals surface area contributed by atoms with E-state index in [1.165, 1.54) is 18.9 Å². The van der Waals surface area contributed by atoms with Gasteiger partial charge in [0.2, 0.25) is 5.91 Å². The zero-order valence-corrected chi connectivity index (χ0v) is 21.0. The molecule has 3 aromatic rings. The van der Waals surface area contributed by atoms with Crippen LogP contribution in [0.5, 0.6) is 11.5 Å². The molecule has 0 radical (unpaired) electrons. The van der Waals surface area contributed by atoms with Crippen molar-refractivity contribution >= 4 is 35.1 Å². The Hall–Kier alpha value is -2.91. The van der Waals surface area contributed by atoms with Gasteiger partial charge in [-0.2, -0.15) is 0 Å². The van der Waals surface area contributed by atoms with E-state index in [1.807, 2.05) is 30.3 Å². The summed E-state index contributed by atoms with van der Waals surface area (Å²) in [5.74, 6) is 1.06. The highest BCUT2D eigenvalue weighted by atomic mass is 32.2. The third-order valence-electron chi connectivity index (χ3n) is 5.44. The number of rotatable bonds is 9. The number of aromatic nitrogens is 2. The van der Waals surface area contributed by atoms with Crippen molar-refractivity contribution in [3.05, 3.63) is 70.1 Å². The molecule has 9 heteroatoms. The minimum atomic E-state index is -0.208. The first-order valence-corrected chi connectivity index (χ1v) is 12.8. The molecule has 1 amide bonds. The largest absolute Gasteiger partial charge is 0.497 e. The van der Waals surface area contributed by atoms with Gasteiger partial charge in [-0.3, -0.25) is 14.2 Å². The third-order valence-corrected chi connectivity index (χ3v) is 7.64. The fourth-order valence-electron chi connectivity index (χ4n) is 3.74. The topological polar surface area (TPSA) is 82.5 Å². The number of ether oxygens (including phenoxy) is 2. The van der Waals surface area contributed by atoms with Crippen molar-refractivity contribution in [2.45, 2.75) is 41.6 Å². The molecule has 4 rings (SSSR count). The fourth-order valence-corrected chi connectivity index (χ4v) is 5.70. The first-order chi connectivity index (χ1) is 16.5. The maximum absolute atomic E-state index is 13.3. The summed E-state index contributed by atoms with van der Waals surface area (Å²) in [7, 11) is 3.11. The van der Waals surface area contributed by atoms with Crippen molar-refractivity contribution in [2.75, 3.05) is 25.3 Å². The van der Waals surface area contributed by atoms with Crippen LogP contribution >= 0.6 is 23.5 Å². The molecule has 1 aliphatic heterocycles. The number of nitrogens with zero attached hydrogens (tertiary/aromatic N) is 2. The number of nitrogens with one attached hydrogen (secondary N) is 1. The van der Waals surface area contributed by atoms with Gasteiger partial charge < -0.3 is 14.8 Å². The molecule has 0 bridgehead atoms. The molecule has 0 spiro atoms. The number of benzene rings is 2. The summed E-state index contributed by atoms with van der Waals surface area (Å²) in [6.07, 6.45) is 1.47. The molecule has 34 heavy (non-hydrogen) atoms. The highest BCUT2D eigenvalue weighted by molar-refractivity contribution is 8.00. The fraction of sp³-hybridized carbons (Fsp3) is 0.320. The standard InChI is InChI=1S/C25H27N3O4S2/c1-16-13-20-23(34-16)24(30)28(12-11-17-7-5-4-6-8-17)25(27-20)33-15-22(29)26-19-10-9-18(31-2)14-21(19)32-3/h4-10,14,16H,11-13,15H2,1-3H3,(H,26,29). The smallest absolute Gasteiger partial charge is 0.268 e. The van der Waals surface area contributed by atoms with Crippen molar-refractivity contribution in [3.63, 3.8) is 0 Å². The van der Waals surface area contributed by atoms with Crippen LogP contribution in [0.3, 0.4) is 0 Å². The van der Waals surface area contributed by atoms with E-state index in [-0.39, 0.29) is 17.2 Å². The number of aryl methyl sites for hydroxylation is 1. The van der Waals surface area contributed by atoms with Crippen LogP contribution in [-0.4, -0.2) is 40.7 Å². The molecule has 0 saturated heterocycles. The monoisotopic (exact) mass is 497 g/mol. The number of carbonyl (C=O) groups excluding carboxylic acids is 1. The minimum Gasteiger partial charge on any atom is -0.497 e. The third kappa shape index (κ3) is 5.59. The van der Waals surface area contributed by atoms with Gasteiger partial charge in [-0.15, -0.1) is 11.8 Å². The highest BCUT2D eigenvalue weighted by Gasteiger charge is 2.26. The van der Waals surface area contributed by atoms with Gasteiger partial charge in [0.05, 0.1) is 36.2 Å². The van der Waals surface area contributed by atoms with Crippen LogP contribution in [0, 0.1) is 0 Å². The lowest BCUT2D eigenvalue weighted by atomic mass is 10.1. The number of amides is 1. The Labute approximate surface area is 207 Å². The summed E-state index contributed by atoms with van der Waals surface area (Å²) in [6, 6.07) is 15.3. The van der Waals surface area contributed by atoms with Gasteiger partial charge in [0, 0.05) is 24.3 Å². The van der Waals surface area contributed by atoms with E-state index >= 15 is 0 Å². The molecule has 2 aromatic carbocycles. The molecule has 7 nitrogen and oxygen atoms in total. The van der Waals surface area contributed by atoms with E-state index in [9.17, 15) is 9.59 Å². The molecule has 0 saturated carbocycles. The van der Waals surface area contributed by atoms with Gasteiger partial charge in [0.25, 0.3) is 5.56 Å². The zero-order valence-electron chi connectivity index (χ0n) is 19.4. The van der Waals surface area contributed by atoms with Gasteiger partial charge >= 0.3 is 0 Å². The van der Waals surface area contributed by atoms with Crippen LogP contribution in [0.1, 0.15) is 18.2 Å². The lowest BCUT2D eigenvalue weighted by molar-refractivity contribution is -0.113. The predicted molar refractivity (Wildman–Crippen MR) is 137 cm³/mol. The van der Waals surface area contributed by atoms with Crippen LogP contribution < -0.4 is 20.3 Å². The van der Waals surface area contributed by atoms with E-state index in [0.29, 0.717) is 40.6 Å². The Morgan fingerprint density at radius 2 is 2.00 bits per heavy atom. The minimum absolute atomic E-state index is 0.0185. The number of methoxy groups -OCH3 is 2. The summed E-state index contributed by atoms with van der Waals surface area (Å²) in [5.41, 5.74) is 2.52. The molecule has 1 unspecified atom stereocenters.